The van der Waals surface area contributed by atoms with Gasteiger partial charge in [-0.05, 0) is 33.6 Å². The summed E-state index contributed by atoms with van der Waals surface area (Å²) in [5.41, 5.74) is 1.28. The van der Waals surface area contributed by atoms with Gasteiger partial charge in [-0.25, -0.2) is 13.2 Å². The average Bonchev–Trinajstić information content (AvgIpc) is 3.13. The SMILES string of the molecule is CCOC(=O)c1c(C)[nH]c(C)c1S(=O)(=O)N1CCC[C@H](C(=O)Nc2cc(OC)cc(OC)c2)C1. The number of H-pyrrole nitrogens is 1. The highest BCUT2D eigenvalue weighted by atomic mass is 32.2. The third-order valence-electron chi connectivity index (χ3n) is 5.77. The summed E-state index contributed by atoms with van der Waals surface area (Å²) >= 11 is 0. The maximum atomic E-state index is 13.6. The normalized spacial score (nSPS) is 16.7. The molecule has 2 aromatic rings. The number of carbonyl (C=O) groups is 2. The second-order valence-corrected chi connectivity index (χ2v) is 9.97. The van der Waals surface area contributed by atoms with Gasteiger partial charge in [0.1, 0.15) is 22.0 Å². The van der Waals surface area contributed by atoms with Crippen LogP contribution in [0.1, 0.15) is 41.5 Å². The molecule has 1 aliphatic heterocycles. The number of benzene rings is 1. The van der Waals surface area contributed by atoms with Crippen molar-refractivity contribution in [3.05, 3.63) is 35.2 Å². The number of aryl methyl sites for hydroxylation is 2. The molecule has 2 heterocycles. The zero-order valence-corrected chi connectivity index (χ0v) is 20.9. The summed E-state index contributed by atoms with van der Waals surface area (Å²) in [4.78, 5) is 28.4. The van der Waals surface area contributed by atoms with Crippen molar-refractivity contribution >= 4 is 27.6 Å². The fourth-order valence-corrected chi connectivity index (χ4v) is 6.09. The smallest absolute Gasteiger partial charge is 0.341 e. The van der Waals surface area contributed by atoms with E-state index < -0.39 is 21.9 Å². The lowest BCUT2D eigenvalue weighted by Gasteiger charge is -2.31. The van der Waals surface area contributed by atoms with Gasteiger partial charge in [0.25, 0.3) is 0 Å². The van der Waals surface area contributed by atoms with Crippen LogP contribution in [0.15, 0.2) is 23.1 Å². The molecule has 11 heteroatoms. The van der Waals surface area contributed by atoms with Crippen LogP contribution in [-0.2, 0) is 19.6 Å². The molecule has 1 atom stereocenters. The molecule has 34 heavy (non-hydrogen) atoms. The Morgan fingerprint density at radius 1 is 1.12 bits per heavy atom. The average molecular weight is 494 g/mol. The molecule has 1 aromatic heterocycles. The minimum absolute atomic E-state index is 0.00119. The summed E-state index contributed by atoms with van der Waals surface area (Å²) in [5, 5.41) is 2.83. The number of aromatic amines is 1. The minimum atomic E-state index is -4.05. The van der Waals surface area contributed by atoms with Crippen LogP contribution in [0, 0.1) is 19.8 Å². The lowest BCUT2D eigenvalue weighted by atomic mass is 9.98. The zero-order valence-electron chi connectivity index (χ0n) is 20.1. The Morgan fingerprint density at radius 2 is 1.76 bits per heavy atom. The van der Waals surface area contributed by atoms with Crippen LogP contribution >= 0.6 is 0 Å². The number of nitrogens with zero attached hydrogens (tertiary/aromatic N) is 1. The van der Waals surface area contributed by atoms with Crippen molar-refractivity contribution in [2.45, 2.75) is 38.5 Å². The van der Waals surface area contributed by atoms with Crippen LogP contribution < -0.4 is 14.8 Å². The number of amides is 1. The molecular formula is C23H31N3O7S. The van der Waals surface area contributed by atoms with Gasteiger partial charge in [-0.1, -0.05) is 0 Å². The first-order valence-electron chi connectivity index (χ1n) is 11.0. The molecule has 1 saturated heterocycles. The highest BCUT2D eigenvalue weighted by molar-refractivity contribution is 7.89. The summed E-state index contributed by atoms with van der Waals surface area (Å²) in [7, 11) is -1.02. The Hall–Kier alpha value is -3.05. The van der Waals surface area contributed by atoms with Crippen molar-refractivity contribution in [3.8, 4) is 11.5 Å². The van der Waals surface area contributed by atoms with Crippen molar-refractivity contribution in [2.24, 2.45) is 5.92 Å². The van der Waals surface area contributed by atoms with Crippen LogP contribution in [0.4, 0.5) is 5.69 Å². The minimum Gasteiger partial charge on any atom is -0.497 e. The van der Waals surface area contributed by atoms with E-state index in [1.54, 1.807) is 39.0 Å². The van der Waals surface area contributed by atoms with E-state index in [-0.39, 0.29) is 36.1 Å². The maximum absolute atomic E-state index is 13.6. The number of rotatable bonds is 8. The van der Waals surface area contributed by atoms with E-state index in [2.05, 4.69) is 10.3 Å². The van der Waals surface area contributed by atoms with Crippen molar-refractivity contribution in [3.63, 3.8) is 0 Å². The molecule has 0 bridgehead atoms. The largest absolute Gasteiger partial charge is 0.497 e. The van der Waals surface area contributed by atoms with Gasteiger partial charge in [-0.2, -0.15) is 4.31 Å². The predicted molar refractivity (Wildman–Crippen MR) is 126 cm³/mol. The summed E-state index contributed by atoms with van der Waals surface area (Å²) in [6.45, 7) is 5.28. The quantitative estimate of drug-likeness (QED) is 0.541. The van der Waals surface area contributed by atoms with Gasteiger partial charge in [0.2, 0.25) is 15.9 Å². The number of esters is 1. The monoisotopic (exact) mass is 493 g/mol. The third-order valence-corrected chi connectivity index (χ3v) is 7.81. The first-order chi connectivity index (χ1) is 16.1. The number of aromatic nitrogens is 1. The van der Waals surface area contributed by atoms with E-state index in [9.17, 15) is 18.0 Å². The number of anilines is 1. The molecule has 2 N–H and O–H groups in total. The molecular weight excluding hydrogens is 462 g/mol. The summed E-state index contributed by atoms with van der Waals surface area (Å²) in [6.07, 6.45) is 1.05. The number of sulfonamides is 1. The molecule has 1 aromatic carbocycles. The highest BCUT2D eigenvalue weighted by Crippen LogP contribution is 2.31. The standard InChI is InChI=1S/C23H31N3O7S/c1-6-33-23(28)20-14(2)24-15(3)21(20)34(29,30)26-9-7-8-16(13-26)22(27)25-17-10-18(31-4)12-19(11-17)32-5/h10-12,16,24H,6-9,13H2,1-5H3,(H,25,27)/t16-/m0/s1. The molecule has 0 unspecified atom stereocenters. The zero-order chi connectivity index (χ0) is 25.0. The molecule has 186 valence electrons. The van der Waals surface area contributed by atoms with Crippen LogP contribution in [0.2, 0.25) is 0 Å². The van der Waals surface area contributed by atoms with Crippen molar-refractivity contribution in [1.29, 1.82) is 0 Å². The van der Waals surface area contributed by atoms with Gasteiger partial charge in [0.05, 0.1) is 26.7 Å². The molecule has 0 saturated carbocycles. The van der Waals surface area contributed by atoms with Gasteiger partial charge in [-0.15, -0.1) is 0 Å². The highest BCUT2D eigenvalue weighted by Gasteiger charge is 2.38. The molecule has 1 fully saturated rings. The third kappa shape index (κ3) is 5.20. The molecule has 0 spiro atoms. The van der Waals surface area contributed by atoms with Gasteiger partial charge in [-0.3, -0.25) is 4.79 Å². The Bertz CT molecular complexity index is 1150. The topological polar surface area (TPSA) is 127 Å². The second-order valence-electron chi connectivity index (χ2n) is 8.09. The number of hydrogen-bond donors (Lipinski definition) is 2. The van der Waals surface area contributed by atoms with Crippen LogP contribution in [0.3, 0.4) is 0 Å². The van der Waals surface area contributed by atoms with Crippen LogP contribution in [0.25, 0.3) is 0 Å². The summed E-state index contributed by atoms with van der Waals surface area (Å²) < 4.78 is 44.0. The lowest BCUT2D eigenvalue weighted by Crippen LogP contribution is -2.44. The molecule has 0 aliphatic carbocycles. The van der Waals surface area contributed by atoms with Crippen molar-refractivity contribution in [2.75, 3.05) is 39.2 Å². The van der Waals surface area contributed by atoms with E-state index >= 15 is 0 Å². The second kappa shape index (κ2) is 10.5. The Kier molecular flexibility index (Phi) is 7.88. The number of piperidine rings is 1. The Morgan fingerprint density at radius 3 is 2.35 bits per heavy atom. The van der Waals surface area contributed by atoms with E-state index in [0.29, 0.717) is 41.4 Å². The molecule has 1 amide bonds. The summed E-state index contributed by atoms with van der Waals surface area (Å²) in [5.74, 6) is -0.518. The van der Waals surface area contributed by atoms with E-state index in [4.69, 9.17) is 14.2 Å². The first-order valence-corrected chi connectivity index (χ1v) is 12.5. The molecule has 0 radical (unpaired) electrons. The van der Waals surface area contributed by atoms with Crippen LogP contribution in [-0.4, -0.2) is 63.5 Å². The van der Waals surface area contributed by atoms with E-state index in [1.165, 1.54) is 18.5 Å². The van der Waals surface area contributed by atoms with Gasteiger partial charge in [0.15, 0.2) is 0 Å². The molecule has 3 rings (SSSR count). The fourth-order valence-electron chi connectivity index (χ4n) is 4.16. The Balaban J connectivity index is 1.84. The fraction of sp³-hybridized carbons (Fsp3) is 0.478. The number of nitrogens with one attached hydrogen (secondary N) is 2. The van der Waals surface area contributed by atoms with Gasteiger partial charge < -0.3 is 24.5 Å². The van der Waals surface area contributed by atoms with Crippen molar-refractivity contribution < 1.29 is 32.2 Å². The predicted octanol–water partition coefficient (Wildman–Crippen LogP) is 2.86. The van der Waals surface area contributed by atoms with Gasteiger partial charge >= 0.3 is 5.97 Å². The van der Waals surface area contributed by atoms with E-state index in [0.717, 1.165) is 0 Å². The molecule has 1 aliphatic rings. The number of hydrogen-bond acceptors (Lipinski definition) is 7. The van der Waals surface area contributed by atoms with Crippen molar-refractivity contribution in [1.82, 2.24) is 9.29 Å². The van der Waals surface area contributed by atoms with E-state index in [1.807, 2.05) is 0 Å². The van der Waals surface area contributed by atoms with Gasteiger partial charge in [0, 0.05) is 48.4 Å². The lowest BCUT2D eigenvalue weighted by molar-refractivity contribution is -0.120. The molecule has 10 nitrogen and oxygen atoms in total. The number of methoxy groups -OCH3 is 2. The maximum Gasteiger partial charge on any atom is 0.341 e. The van der Waals surface area contributed by atoms with Crippen LogP contribution in [0.5, 0.6) is 11.5 Å². The number of ether oxygens (including phenoxy) is 3. The summed E-state index contributed by atoms with van der Waals surface area (Å²) in [6, 6.07) is 5.01. The number of carbonyl (C=O) groups excluding carboxylic acids is 2. The Labute approximate surface area is 199 Å². The first kappa shape index (κ1) is 25.6.